The van der Waals surface area contributed by atoms with E-state index in [2.05, 4.69) is 100 Å². The average molecular weight is 997 g/mol. The minimum atomic E-state index is -6.82. The highest BCUT2D eigenvalue weighted by molar-refractivity contribution is 7.97. The van der Waals surface area contributed by atoms with Crippen LogP contribution in [0.1, 0.15) is 64.2 Å². The first-order chi connectivity index (χ1) is 31.5. The third-order valence-electron chi connectivity index (χ3n) is 13.6. The van der Waals surface area contributed by atoms with Gasteiger partial charge in [0.1, 0.15) is 11.6 Å². The van der Waals surface area contributed by atoms with Gasteiger partial charge in [-0.1, -0.05) is 54.6 Å². The van der Waals surface area contributed by atoms with E-state index in [0.29, 0.717) is 43.8 Å². The van der Waals surface area contributed by atoms with Gasteiger partial charge in [-0.15, -0.1) is 0 Å². The normalized spacial score (nSPS) is 28.4. The first-order valence-electron chi connectivity index (χ1n) is 21.6. The standard InChI is InChI=1S/C18H15S.C16H17F5O8S.C13H15ClO4/c1-4-10-16(11-5-1)19(17-12-6-2-7-13-17)18-14-8-3-9-15-18;17-15(18,19)12(16(20,21)30(25,26)27)29-10(22)6-28-13(24)14-3-7-1-8(4-14)11(23)9(2-7)5-14;14-10(15)6-18-12(17)13-3-7-1-8(4-13)11(16)9(2-7)5-13/h1-15H;7-9,12H,1-6H2,(H,25,26,27);7-9H,1-6H2/q+1;;/p-1. The van der Waals surface area contributed by atoms with Crippen LogP contribution in [0.15, 0.2) is 106 Å². The van der Waals surface area contributed by atoms with Crippen LogP contribution in [0.3, 0.4) is 0 Å². The lowest BCUT2D eigenvalue weighted by Gasteiger charge is -2.53. The highest BCUT2D eigenvalue weighted by Crippen LogP contribution is 2.60. The van der Waals surface area contributed by atoms with E-state index in [-0.39, 0.29) is 71.7 Å². The number of carbonyl (C=O) groups is 6. The van der Waals surface area contributed by atoms with Crippen LogP contribution >= 0.6 is 11.6 Å². The smallest absolute Gasteiger partial charge is 0.432 e. The second kappa shape index (κ2) is 19.7. The zero-order valence-corrected chi connectivity index (χ0v) is 38.1. The van der Waals surface area contributed by atoms with Crippen LogP contribution in [0.2, 0.25) is 0 Å². The van der Waals surface area contributed by atoms with Gasteiger partial charge < -0.3 is 18.8 Å². The van der Waals surface area contributed by atoms with Crippen molar-refractivity contribution in [2.75, 3.05) is 13.2 Å². The maximum Gasteiger partial charge on any atom is 0.432 e. The van der Waals surface area contributed by atoms with E-state index in [0.717, 1.165) is 19.3 Å². The van der Waals surface area contributed by atoms with Gasteiger partial charge in [-0.25, -0.2) is 13.2 Å². The summed E-state index contributed by atoms with van der Waals surface area (Å²) in [6.45, 7) is -1.85. The largest absolute Gasteiger partial charge is 0.743 e. The third-order valence-corrected chi connectivity index (χ3v) is 16.8. The van der Waals surface area contributed by atoms with Crippen LogP contribution in [0.25, 0.3) is 0 Å². The highest BCUT2D eigenvalue weighted by Gasteiger charge is 2.64. The quantitative estimate of drug-likeness (QED) is 0.0426. The molecule has 0 aliphatic heterocycles. The second-order valence-electron chi connectivity index (χ2n) is 18.2. The number of ketones is 2. The van der Waals surface area contributed by atoms with Crippen molar-refractivity contribution in [1.82, 2.24) is 0 Å². The Hall–Kier alpha value is -4.72. The first kappa shape index (κ1) is 50.2. The first-order valence-corrected chi connectivity index (χ1v) is 24.6. The number of rotatable bonds is 12. The molecule has 8 saturated carbocycles. The Labute approximate surface area is 390 Å². The molecule has 0 aromatic heterocycles. The van der Waals surface area contributed by atoms with Gasteiger partial charge in [-0.05, 0) is 124 Å². The van der Waals surface area contributed by atoms with E-state index in [4.69, 9.17) is 16.3 Å². The number of hydrogen-bond acceptors (Lipinski definition) is 12. The number of hydrogen-bond donors (Lipinski definition) is 0. The van der Waals surface area contributed by atoms with Gasteiger partial charge in [0.05, 0.1) is 21.7 Å². The minimum Gasteiger partial charge on any atom is -0.743 e. The van der Waals surface area contributed by atoms with Crippen LogP contribution in [0, 0.1) is 46.3 Å². The minimum absolute atomic E-state index is 0.0146. The molecule has 0 radical (unpaired) electrons. The van der Waals surface area contributed by atoms with Gasteiger partial charge >= 0.3 is 29.3 Å². The lowest BCUT2D eigenvalue weighted by molar-refractivity contribution is -0.260. The molecule has 0 heterocycles. The molecular weight excluding hydrogens is 951 g/mol. The van der Waals surface area contributed by atoms with Crippen LogP contribution in [-0.4, -0.2) is 78.4 Å². The van der Waals surface area contributed by atoms with Gasteiger partial charge in [0.15, 0.2) is 38.0 Å². The number of alkyl halides is 5. The number of halogens is 6. The van der Waals surface area contributed by atoms with Gasteiger partial charge in [0.25, 0.3) is 11.3 Å². The van der Waals surface area contributed by atoms with Gasteiger partial charge in [-0.2, -0.15) is 22.0 Å². The van der Waals surface area contributed by atoms with E-state index < -0.39 is 62.3 Å². The Kier molecular flexibility index (Phi) is 14.8. The van der Waals surface area contributed by atoms with E-state index in [9.17, 15) is 63.7 Å². The molecule has 3 aromatic rings. The van der Waals surface area contributed by atoms with Crippen LogP contribution in [-0.2, 0) is 64.0 Å². The molecule has 3 aromatic carbocycles. The Morgan fingerprint density at radius 3 is 1.28 bits per heavy atom. The van der Waals surface area contributed by atoms with Crippen molar-refractivity contribution in [3.05, 3.63) is 91.0 Å². The van der Waals surface area contributed by atoms with Crippen LogP contribution < -0.4 is 0 Å². The topological polar surface area (TPSA) is 187 Å². The highest BCUT2D eigenvalue weighted by atomic mass is 35.5. The molecule has 5 unspecified atom stereocenters. The summed E-state index contributed by atoms with van der Waals surface area (Å²) in [7, 11) is -6.83. The molecule has 20 heteroatoms. The Balaban J connectivity index is 0.000000156. The maximum atomic E-state index is 13.4. The van der Waals surface area contributed by atoms with Gasteiger partial charge in [0, 0.05) is 23.7 Å². The Morgan fingerprint density at radius 2 is 0.970 bits per heavy atom. The summed E-state index contributed by atoms with van der Waals surface area (Å²) in [5.41, 5.74) is -1.60. The van der Waals surface area contributed by atoms with Crippen molar-refractivity contribution >= 4 is 67.3 Å². The summed E-state index contributed by atoms with van der Waals surface area (Å²) >= 11 is 5.18. The molecule has 0 N–H and O–H groups in total. The zero-order valence-electron chi connectivity index (χ0n) is 35.7. The SMILES string of the molecule is O=C(COC(=O)C12CC3CC(C1)C(=O)C(C3)C2)OC(C(F)(F)F)C(F)(F)S(=O)(=O)[O-].O=C(Cl)COC(=O)C12CC3CC(C1)C(=O)C(C3)C2.c1ccc([S+](c2ccccc2)c2ccccc2)cc1. The van der Waals surface area contributed by atoms with Gasteiger partial charge in [0.2, 0.25) is 0 Å². The van der Waals surface area contributed by atoms with E-state index in [1.165, 1.54) is 14.7 Å². The number of Topliss-reactive ketones (excluding diaryl/α,β-unsaturated/α-hetero) is 2. The van der Waals surface area contributed by atoms with Crippen LogP contribution in [0.4, 0.5) is 22.0 Å². The summed E-state index contributed by atoms with van der Waals surface area (Å²) in [6.07, 6.45) is -4.80. The van der Waals surface area contributed by atoms with E-state index >= 15 is 0 Å². The van der Waals surface area contributed by atoms with Crippen molar-refractivity contribution in [2.45, 2.75) is 96.4 Å². The summed E-state index contributed by atoms with van der Waals surface area (Å²) in [4.78, 5) is 75.1. The molecule has 0 saturated heterocycles. The molecule has 67 heavy (non-hydrogen) atoms. The number of esters is 3. The molecule has 8 bridgehead atoms. The zero-order chi connectivity index (χ0) is 48.5. The lowest BCUT2D eigenvalue weighted by Crippen LogP contribution is -2.55. The van der Waals surface area contributed by atoms with Crippen molar-refractivity contribution < 1.29 is 77.9 Å². The summed E-state index contributed by atoms with van der Waals surface area (Å²) in [5, 5.41) is -6.64. The molecule has 12 nitrogen and oxygen atoms in total. The third kappa shape index (κ3) is 10.9. The fourth-order valence-corrected chi connectivity index (χ4v) is 13.9. The van der Waals surface area contributed by atoms with Crippen molar-refractivity contribution in [2.24, 2.45) is 46.3 Å². The molecular formula is C47H46ClF5O12S2. The summed E-state index contributed by atoms with van der Waals surface area (Å²) in [5.74, 6) is -3.06. The summed E-state index contributed by atoms with van der Waals surface area (Å²) < 4.78 is 109. The average Bonchev–Trinajstić information content (AvgIpc) is 3.27. The van der Waals surface area contributed by atoms with E-state index in [1.54, 1.807) is 0 Å². The molecule has 0 amide bonds. The molecule has 8 aliphatic rings. The molecule has 5 atom stereocenters. The second-order valence-corrected chi connectivity index (χ2v) is 22.1. The molecule has 360 valence electrons. The van der Waals surface area contributed by atoms with Crippen molar-refractivity contribution in [3.8, 4) is 0 Å². The fourth-order valence-electron chi connectivity index (χ4n) is 11.2. The number of ether oxygens (including phenoxy) is 3. The summed E-state index contributed by atoms with van der Waals surface area (Å²) in [6, 6.07) is 32.2. The van der Waals surface area contributed by atoms with E-state index in [1.807, 2.05) is 0 Å². The maximum absolute atomic E-state index is 13.4. The molecule has 0 spiro atoms. The number of benzene rings is 3. The fraction of sp³-hybridized carbons (Fsp3) is 0.489. The van der Waals surface area contributed by atoms with Crippen LogP contribution in [0.5, 0.6) is 0 Å². The Bertz CT molecular complexity index is 2330. The lowest BCUT2D eigenvalue weighted by atomic mass is 9.49. The predicted octanol–water partition coefficient (Wildman–Crippen LogP) is 8.01. The van der Waals surface area contributed by atoms with Gasteiger partial charge in [-0.3, -0.25) is 24.0 Å². The molecule has 11 rings (SSSR count). The number of carbonyl (C=O) groups excluding carboxylic acids is 6. The Morgan fingerprint density at radius 1 is 0.627 bits per heavy atom. The monoisotopic (exact) mass is 996 g/mol. The molecule has 8 aliphatic carbocycles. The van der Waals surface area contributed by atoms with Crippen molar-refractivity contribution in [3.63, 3.8) is 0 Å². The van der Waals surface area contributed by atoms with Crippen molar-refractivity contribution in [1.29, 1.82) is 0 Å². The molecule has 8 fully saturated rings. The predicted molar refractivity (Wildman–Crippen MR) is 227 cm³/mol.